The van der Waals surface area contributed by atoms with Crippen LogP contribution in [0.15, 0.2) is 0 Å². The van der Waals surface area contributed by atoms with E-state index in [1.54, 1.807) is 0 Å². The van der Waals surface area contributed by atoms with Crippen LogP contribution in [0.3, 0.4) is 0 Å². The molecule has 1 atom stereocenters. The summed E-state index contributed by atoms with van der Waals surface area (Å²) >= 11 is 0. The van der Waals surface area contributed by atoms with E-state index in [2.05, 4.69) is 5.32 Å². The minimum absolute atomic E-state index is 0.00801. The first-order valence-corrected chi connectivity index (χ1v) is 4.71. The number of rotatable bonds is 3. The summed E-state index contributed by atoms with van der Waals surface area (Å²) in [5, 5.41) is 2.69. The van der Waals surface area contributed by atoms with Crippen LogP contribution in [-0.2, 0) is 14.3 Å². The lowest BCUT2D eigenvalue weighted by Crippen LogP contribution is -2.37. The Labute approximate surface area is 76.6 Å². The van der Waals surface area contributed by atoms with Crippen molar-refractivity contribution in [3.63, 3.8) is 0 Å². The highest BCUT2D eigenvalue weighted by Gasteiger charge is 2.30. The van der Waals surface area contributed by atoms with Crippen molar-refractivity contribution in [2.45, 2.75) is 31.7 Å². The van der Waals surface area contributed by atoms with Crippen LogP contribution in [-0.4, -0.2) is 24.5 Å². The van der Waals surface area contributed by atoms with Gasteiger partial charge in [0.1, 0.15) is 6.04 Å². The van der Waals surface area contributed by atoms with E-state index < -0.39 is 0 Å². The molecule has 0 spiro atoms. The van der Waals surface area contributed by atoms with Crippen molar-refractivity contribution in [3.8, 4) is 0 Å². The van der Waals surface area contributed by atoms with Crippen LogP contribution < -0.4 is 5.32 Å². The number of ether oxygens (including phenoxy) is 1. The predicted molar refractivity (Wildman–Crippen MR) is 44.8 cm³/mol. The second kappa shape index (κ2) is 3.36. The summed E-state index contributed by atoms with van der Waals surface area (Å²) in [7, 11) is 0. The highest BCUT2D eigenvalue weighted by molar-refractivity contribution is 5.85. The van der Waals surface area contributed by atoms with E-state index >= 15 is 0 Å². The SMILES string of the molecule is O=C(CC1CC1)N[C@H]1CCOC1=O. The van der Waals surface area contributed by atoms with E-state index in [9.17, 15) is 9.59 Å². The molecule has 2 rings (SSSR count). The van der Waals surface area contributed by atoms with Crippen molar-refractivity contribution in [2.24, 2.45) is 5.92 Å². The molecule has 4 heteroatoms. The fraction of sp³-hybridized carbons (Fsp3) is 0.778. The molecule has 13 heavy (non-hydrogen) atoms. The smallest absolute Gasteiger partial charge is 0.328 e. The predicted octanol–water partition coefficient (Wildman–Crippen LogP) is 0.218. The van der Waals surface area contributed by atoms with Gasteiger partial charge in [0.25, 0.3) is 0 Å². The van der Waals surface area contributed by atoms with Gasteiger partial charge < -0.3 is 10.1 Å². The van der Waals surface area contributed by atoms with E-state index in [0.29, 0.717) is 25.4 Å². The Kier molecular flexibility index (Phi) is 2.20. The molecule has 1 saturated heterocycles. The average molecular weight is 183 g/mol. The summed E-state index contributed by atoms with van der Waals surface area (Å²) in [6.07, 6.45) is 3.50. The van der Waals surface area contributed by atoms with Crippen LogP contribution in [0.5, 0.6) is 0 Å². The number of amides is 1. The quantitative estimate of drug-likeness (QED) is 0.637. The topological polar surface area (TPSA) is 55.4 Å². The van der Waals surface area contributed by atoms with Crippen molar-refractivity contribution in [1.29, 1.82) is 0 Å². The Bertz CT molecular complexity index is 235. The molecule has 1 aliphatic heterocycles. The number of carbonyl (C=O) groups excluding carboxylic acids is 2. The van der Waals surface area contributed by atoms with E-state index in [4.69, 9.17) is 4.74 Å². The fourth-order valence-corrected chi connectivity index (χ4v) is 1.46. The van der Waals surface area contributed by atoms with Gasteiger partial charge in [0.15, 0.2) is 0 Å². The monoisotopic (exact) mass is 183 g/mol. The molecule has 0 aromatic heterocycles. The Morgan fingerprint density at radius 2 is 2.23 bits per heavy atom. The Morgan fingerprint density at radius 1 is 1.46 bits per heavy atom. The lowest BCUT2D eigenvalue weighted by molar-refractivity contribution is -0.141. The minimum Gasteiger partial charge on any atom is -0.464 e. The number of cyclic esters (lactones) is 1. The van der Waals surface area contributed by atoms with Crippen molar-refractivity contribution in [2.75, 3.05) is 6.61 Å². The molecule has 0 bridgehead atoms. The van der Waals surface area contributed by atoms with Gasteiger partial charge in [-0.25, -0.2) is 4.79 Å². The van der Waals surface area contributed by atoms with Gasteiger partial charge in [-0.15, -0.1) is 0 Å². The minimum atomic E-state index is -0.383. The molecule has 72 valence electrons. The maximum absolute atomic E-state index is 11.3. The number of esters is 1. The zero-order chi connectivity index (χ0) is 9.26. The maximum atomic E-state index is 11.3. The van der Waals surface area contributed by atoms with Crippen LogP contribution in [0.25, 0.3) is 0 Å². The molecule has 0 aromatic carbocycles. The first-order valence-electron chi connectivity index (χ1n) is 4.71. The number of carbonyl (C=O) groups is 2. The summed E-state index contributed by atoms with van der Waals surface area (Å²) in [6.45, 7) is 0.438. The summed E-state index contributed by atoms with van der Waals surface area (Å²) < 4.78 is 4.73. The molecular formula is C9H13NO3. The molecule has 1 saturated carbocycles. The van der Waals surface area contributed by atoms with E-state index in [1.165, 1.54) is 0 Å². The fourth-order valence-electron chi connectivity index (χ4n) is 1.46. The average Bonchev–Trinajstić information content (AvgIpc) is 2.79. The van der Waals surface area contributed by atoms with E-state index in [-0.39, 0.29) is 17.9 Å². The van der Waals surface area contributed by atoms with E-state index in [1.807, 2.05) is 0 Å². The summed E-state index contributed by atoms with van der Waals surface area (Å²) in [4.78, 5) is 22.3. The van der Waals surface area contributed by atoms with Gasteiger partial charge in [-0.05, 0) is 18.8 Å². The molecule has 0 aromatic rings. The first kappa shape index (κ1) is 8.53. The van der Waals surface area contributed by atoms with E-state index in [0.717, 1.165) is 12.8 Å². The highest BCUT2D eigenvalue weighted by Crippen LogP contribution is 2.32. The first-order chi connectivity index (χ1) is 6.25. The standard InChI is InChI=1S/C9H13NO3/c11-8(5-6-1-2-6)10-7-3-4-13-9(7)12/h6-7H,1-5H2,(H,10,11)/t7-/m0/s1. The molecule has 0 radical (unpaired) electrons. The number of hydrogen-bond acceptors (Lipinski definition) is 3. The summed E-state index contributed by atoms with van der Waals surface area (Å²) in [5.41, 5.74) is 0. The maximum Gasteiger partial charge on any atom is 0.328 e. The summed E-state index contributed by atoms with van der Waals surface area (Å²) in [6, 6.07) is -0.383. The third kappa shape index (κ3) is 2.20. The molecule has 1 heterocycles. The largest absolute Gasteiger partial charge is 0.464 e. The van der Waals surface area contributed by atoms with Crippen molar-refractivity contribution in [3.05, 3.63) is 0 Å². The third-order valence-electron chi connectivity index (χ3n) is 2.44. The van der Waals surface area contributed by atoms with Gasteiger partial charge in [-0.1, -0.05) is 0 Å². The molecule has 1 aliphatic carbocycles. The van der Waals surface area contributed by atoms with Crippen LogP contribution in [0.4, 0.5) is 0 Å². The molecule has 4 nitrogen and oxygen atoms in total. The van der Waals surface area contributed by atoms with Crippen molar-refractivity contribution < 1.29 is 14.3 Å². The van der Waals surface area contributed by atoms with Crippen LogP contribution in [0.2, 0.25) is 0 Å². The third-order valence-corrected chi connectivity index (χ3v) is 2.44. The lowest BCUT2D eigenvalue weighted by atomic mass is 10.2. The van der Waals surface area contributed by atoms with Crippen LogP contribution in [0.1, 0.15) is 25.7 Å². The Balaban J connectivity index is 1.75. The Morgan fingerprint density at radius 3 is 2.77 bits per heavy atom. The molecular weight excluding hydrogens is 170 g/mol. The highest BCUT2D eigenvalue weighted by atomic mass is 16.5. The Hall–Kier alpha value is -1.06. The molecule has 0 unspecified atom stereocenters. The van der Waals surface area contributed by atoms with Gasteiger partial charge in [0.2, 0.25) is 5.91 Å². The van der Waals surface area contributed by atoms with Gasteiger partial charge in [-0.2, -0.15) is 0 Å². The number of nitrogens with one attached hydrogen (secondary N) is 1. The number of hydrogen-bond donors (Lipinski definition) is 1. The molecule has 1 N–H and O–H groups in total. The second-order valence-corrected chi connectivity index (χ2v) is 3.72. The molecule has 1 amide bonds. The summed E-state index contributed by atoms with van der Waals surface area (Å²) in [5.74, 6) is 0.271. The second-order valence-electron chi connectivity index (χ2n) is 3.72. The van der Waals surface area contributed by atoms with Gasteiger partial charge in [-0.3, -0.25) is 4.79 Å². The lowest BCUT2D eigenvalue weighted by Gasteiger charge is -2.07. The van der Waals surface area contributed by atoms with Crippen LogP contribution in [0, 0.1) is 5.92 Å². The van der Waals surface area contributed by atoms with Crippen LogP contribution >= 0.6 is 0 Å². The zero-order valence-corrected chi connectivity index (χ0v) is 7.41. The molecule has 2 fully saturated rings. The van der Waals surface area contributed by atoms with Gasteiger partial charge in [0.05, 0.1) is 6.61 Å². The molecule has 2 aliphatic rings. The zero-order valence-electron chi connectivity index (χ0n) is 7.41. The van der Waals surface area contributed by atoms with Gasteiger partial charge in [0, 0.05) is 12.8 Å². The van der Waals surface area contributed by atoms with Crippen molar-refractivity contribution in [1.82, 2.24) is 5.32 Å². The van der Waals surface area contributed by atoms with Crippen molar-refractivity contribution >= 4 is 11.9 Å². The normalized spacial score (nSPS) is 27.1. The van der Waals surface area contributed by atoms with Gasteiger partial charge >= 0.3 is 5.97 Å².